The van der Waals surface area contributed by atoms with Gasteiger partial charge in [-0.2, -0.15) is 0 Å². The third kappa shape index (κ3) is 3.01. The Balaban J connectivity index is 3.06. The van der Waals surface area contributed by atoms with Crippen molar-refractivity contribution in [1.29, 1.82) is 0 Å². The summed E-state index contributed by atoms with van der Waals surface area (Å²) in [6.07, 6.45) is 0.231. The van der Waals surface area contributed by atoms with Gasteiger partial charge in [-0.1, -0.05) is 0 Å². The molecular weight excluding hydrogens is 323 g/mol. The zero-order valence-electron chi connectivity index (χ0n) is 9.37. The number of ether oxygens (including phenoxy) is 3. The molecule has 88 valence electrons. The molecular formula is C11H13IO4. The Hall–Kier alpha value is -0.980. The van der Waals surface area contributed by atoms with E-state index in [1.807, 2.05) is 6.07 Å². The van der Waals surface area contributed by atoms with E-state index in [2.05, 4.69) is 27.3 Å². The highest BCUT2D eigenvalue weighted by Crippen LogP contribution is 2.31. The molecule has 5 heteroatoms. The molecule has 0 bridgehead atoms. The van der Waals surface area contributed by atoms with Crippen LogP contribution in [-0.4, -0.2) is 27.3 Å². The van der Waals surface area contributed by atoms with Crippen LogP contribution in [0.2, 0.25) is 0 Å². The number of methoxy groups -OCH3 is 3. The van der Waals surface area contributed by atoms with E-state index < -0.39 is 0 Å². The fraction of sp³-hybridized carbons (Fsp3) is 0.364. The van der Waals surface area contributed by atoms with Gasteiger partial charge in [0.05, 0.1) is 27.8 Å². The number of benzene rings is 1. The van der Waals surface area contributed by atoms with Gasteiger partial charge in [0.25, 0.3) is 0 Å². The number of halogens is 1. The van der Waals surface area contributed by atoms with Gasteiger partial charge in [0, 0.05) is 3.57 Å². The standard InChI is InChI=1S/C11H13IO4/c1-14-9-4-7(5-11(13)16-3)8(12)6-10(9)15-2/h4,6H,5H2,1-3H3. The minimum absolute atomic E-state index is 0.231. The van der Waals surface area contributed by atoms with Crippen LogP contribution in [0.4, 0.5) is 0 Å². The molecule has 0 atom stereocenters. The van der Waals surface area contributed by atoms with Crippen molar-refractivity contribution in [2.75, 3.05) is 21.3 Å². The summed E-state index contributed by atoms with van der Waals surface area (Å²) in [6.45, 7) is 0. The molecule has 0 saturated heterocycles. The van der Waals surface area contributed by atoms with E-state index in [1.165, 1.54) is 7.11 Å². The van der Waals surface area contributed by atoms with Crippen LogP contribution in [0, 0.1) is 3.57 Å². The van der Waals surface area contributed by atoms with Gasteiger partial charge in [-0.25, -0.2) is 0 Å². The lowest BCUT2D eigenvalue weighted by atomic mass is 10.1. The SMILES string of the molecule is COC(=O)Cc1cc(OC)c(OC)cc1I. The quantitative estimate of drug-likeness (QED) is 0.623. The van der Waals surface area contributed by atoms with Crippen molar-refractivity contribution in [2.45, 2.75) is 6.42 Å². The predicted octanol–water partition coefficient (Wildman–Crippen LogP) is 2.02. The van der Waals surface area contributed by atoms with Crippen molar-refractivity contribution in [3.63, 3.8) is 0 Å². The normalized spacial score (nSPS) is 9.75. The van der Waals surface area contributed by atoms with Crippen LogP contribution in [0.15, 0.2) is 12.1 Å². The number of hydrogen-bond acceptors (Lipinski definition) is 4. The Morgan fingerprint density at radius 3 is 2.25 bits per heavy atom. The van der Waals surface area contributed by atoms with Crippen LogP contribution in [0.3, 0.4) is 0 Å². The molecule has 0 spiro atoms. The Labute approximate surface area is 108 Å². The van der Waals surface area contributed by atoms with Gasteiger partial charge in [0.1, 0.15) is 0 Å². The number of rotatable bonds is 4. The van der Waals surface area contributed by atoms with Crippen LogP contribution >= 0.6 is 22.6 Å². The lowest BCUT2D eigenvalue weighted by molar-refractivity contribution is -0.139. The number of carbonyl (C=O) groups excluding carboxylic acids is 1. The molecule has 0 radical (unpaired) electrons. The average Bonchev–Trinajstić information content (AvgIpc) is 2.30. The van der Waals surface area contributed by atoms with Crippen molar-refractivity contribution in [1.82, 2.24) is 0 Å². The molecule has 1 aromatic carbocycles. The number of esters is 1. The maximum Gasteiger partial charge on any atom is 0.310 e. The van der Waals surface area contributed by atoms with E-state index in [0.717, 1.165) is 9.13 Å². The largest absolute Gasteiger partial charge is 0.493 e. The Kier molecular flexibility index (Phi) is 4.85. The van der Waals surface area contributed by atoms with Crippen molar-refractivity contribution < 1.29 is 19.0 Å². The molecule has 0 fully saturated rings. The van der Waals surface area contributed by atoms with Gasteiger partial charge >= 0.3 is 5.97 Å². The van der Waals surface area contributed by atoms with Gasteiger partial charge in [-0.3, -0.25) is 4.79 Å². The molecule has 4 nitrogen and oxygen atoms in total. The first-order chi connectivity index (χ1) is 7.62. The second kappa shape index (κ2) is 5.93. The first-order valence-corrected chi connectivity index (χ1v) is 5.67. The summed E-state index contributed by atoms with van der Waals surface area (Å²) in [7, 11) is 4.51. The van der Waals surface area contributed by atoms with Crippen LogP contribution in [-0.2, 0) is 16.0 Å². The van der Waals surface area contributed by atoms with Crippen LogP contribution < -0.4 is 9.47 Å². The zero-order valence-corrected chi connectivity index (χ0v) is 11.5. The molecule has 0 aliphatic carbocycles. The summed E-state index contributed by atoms with van der Waals surface area (Å²) < 4.78 is 15.9. The fourth-order valence-corrected chi connectivity index (χ4v) is 1.89. The molecule has 1 rings (SSSR count). The maximum atomic E-state index is 11.2. The van der Waals surface area contributed by atoms with Crippen LogP contribution in [0.25, 0.3) is 0 Å². The third-order valence-corrected chi connectivity index (χ3v) is 3.12. The van der Waals surface area contributed by atoms with Gasteiger partial charge in [0.15, 0.2) is 11.5 Å². The highest BCUT2D eigenvalue weighted by molar-refractivity contribution is 14.1. The minimum atomic E-state index is -0.273. The molecule has 0 saturated carbocycles. The van der Waals surface area contributed by atoms with E-state index in [1.54, 1.807) is 20.3 Å². The second-order valence-corrected chi connectivity index (χ2v) is 4.21. The van der Waals surface area contributed by atoms with Gasteiger partial charge in [-0.15, -0.1) is 0 Å². The summed E-state index contributed by atoms with van der Waals surface area (Å²) in [6, 6.07) is 3.62. The first-order valence-electron chi connectivity index (χ1n) is 4.59. The average molecular weight is 336 g/mol. The van der Waals surface area contributed by atoms with E-state index in [0.29, 0.717) is 11.5 Å². The number of carbonyl (C=O) groups is 1. The van der Waals surface area contributed by atoms with E-state index in [9.17, 15) is 4.79 Å². The van der Waals surface area contributed by atoms with E-state index in [4.69, 9.17) is 9.47 Å². The molecule has 0 aromatic heterocycles. The highest BCUT2D eigenvalue weighted by atomic mass is 127. The van der Waals surface area contributed by atoms with Crippen molar-refractivity contribution in [3.05, 3.63) is 21.3 Å². The summed E-state index contributed by atoms with van der Waals surface area (Å²) in [5, 5.41) is 0. The molecule has 1 aromatic rings. The summed E-state index contributed by atoms with van der Waals surface area (Å²) in [4.78, 5) is 11.2. The topological polar surface area (TPSA) is 44.8 Å². The Bertz CT molecular complexity index is 390. The maximum absolute atomic E-state index is 11.2. The molecule has 0 unspecified atom stereocenters. The Morgan fingerprint density at radius 1 is 1.19 bits per heavy atom. The van der Waals surface area contributed by atoms with E-state index >= 15 is 0 Å². The van der Waals surface area contributed by atoms with Crippen molar-refractivity contribution >= 4 is 28.6 Å². The summed E-state index contributed by atoms with van der Waals surface area (Å²) >= 11 is 2.15. The predicted molar refractivity (Wildman–Crippen MR) is 68.0 cm³/mol. The molecule has 0 aliphatic heterocycles. The Morgan fingerprint density at radius 2 is 1.75 bits per heavy atom. The van der Waals surface area contributed by atoms with Crippen LogP contribution in [0.5, 0.6) is 11.5 Å². The lowest BCUT2D eigenvalue weighted by Gasteiger charge is -2.11. The molecule has 16 heavy (non-hydrogen) atoms. The minimum Gasteiger partial charge on any atom is -0.493 e. The van der Waals surface area contributed by atoms with Crippen LogP contribution in [0.1, 0.15) is 5.56 Å². The van der Waals surface area contributed by atoms with Gasteiger partial charge in [-0.05, 0) is 40.3 Å². The zero-order chi connectivity index (χ0) is 12.1. The molecule has 0 N–H and O–H groups in total. The molecule has 0 heterocycles. The fourth-order valence-electron chi connectivity index (χ4n) is 1.26. The monoisotopic (exact) mass is 336 g/mol. The highest BCUT2D eigenvalue weighted by Gasteiger charge is 2.12. The van der Waals surface area contributed by atoms with E-state index in [-0.39, 0.29) is 12.4 Å². The number of hydrogen-bond donors (Lipinski definition) is 0. The van der Waals surface area contributed by atoms with Gasteiger partial charge in [0.2, 0.25) is 0 Å². The summed E-state index contributed by atoms with van der Waals surface area (Å²) in [5.41, 5.74) is 0.866. The second-order valence-electron chi connectivity index (χ2n) is 3.05. The smallest absolute Gasteiger partial charge is 0.310 e. The lowest BCUT2D eigenvalue weighted by Crippen LogP contribution is -2.06. The third-order valence-electron chi connectivity index (χ3n) is 2.12. The molecule has 0 aliphatic rings. The summed E-state index contributed by atoms with van der Waals surface area (Å²) in [5.74, 6) is 0.993. The van der Waals surface area contributed by atoms with Crippen molar-refractivity contribution in [3.8, 4) is 11.5 Å². The molecule has 0 amide bonds. The van der Waals surface area contributed by atoms with Crippen molar-refractivity contribution in [2.24, 2.45) is 0 Å². The first kappa shape index (κ1) is 13.1. The van der Waals surface area contributed by atoms with Gasteiger partial charge < -0.3 is 14.2 Å².